The molecule has 0 atom stereocenters. The maximum Gasteiger partial charge on any atom is 0.269 e. The molecule has 0 spiro atoms. The lowest BCUT2D eigenvalue weighted by molar-refractivity contribution is -0.384. The van der Waals surface area contributed by atoms with Gasteiger partial charge in [0.15, 0.2) is 0 Å². The zero-order chi connectivity index (χ0) is 24.5. The minimum atomic E-state index is -4.52. The Balaban J connectivity index is 0.000000470. The van der Waals surface area contributed by atoms with Crippen molar-refractivity contribution in [1.82, 2.24) is 0 Å². The van der Waals surface area contributed by atoms with Gasteiger partial charge in [0.2, 0.25) is 0 Å². The van der Waals surface area contributed by atoms with E-state index in [0.717, 1.165) is 34.3 Å². The van der Waals surface area contributed by atoms with E-state index in [1.165, 1.54) is 17.7 Å². The van der Waals surface area contributed by atoms with Crippen molar-refractivity contribution < 1.29 is 30.9 Å². The van der Waals surface area contributed by atoms with Gasteiger partial charge < -0.3 is 9.11 Å². The van der Waals surface area contributed by atoms with Gasteiger partial charge in [0.05, 0.1) is 14.7 Å². The van der Waals surface area contributed by atoms with Crippen LogP contribution in [0, 0.1) is 24.0 Å². The molecule has 0 N–H and O–H groups in total. The Kier molecular flexibility index (Phi) is 12.1. The summed E-state index contributed by atoms with van der Waals surface area (Å²) in [4.78, 5) is 8.81. The van der Waals surface area contributed by atoms with Gasteiger partial charge in [-0.2, -0.15) is 0 Å². The second kappa shape index (κ2) is 13.2. The molecule has 0 heterocycles. The summed E-state index contributed by atoms with van der Waals surface area (Å²) in [5, 5.41) is 10.1. The zero-order valence-electron chi connectivity index (χ0n) is 16.8. The molecule has 180 valence electrons. The fourth-order valence-electron chi connectivity index (χ4n) is 1.97. The summed E-state index contributed by atoms with van der Waals surface area (Å²) >= 11 is 3.35. The molecule has 3 rings (SSSR count). The molecule has 33 heavy (non-hydrogen) atoms. The average molecular weight is 560 g/mol. The van der Waals surface area contributed by atoms with Crippen molar-refractivity contribution in [2.24, 2.45) is 0 Å². The summed E-state index contributed by atoms with van der Waals surface area (Å²) in [6.07, 6.45) is 0. The molecule has 0 saturated heterocycles. The third-order valence-corrected chi connectivity index (χ3v) is 5.88. The Morgan fingerprint density at radius 2 is 0.970 bits per heavy atom. The molecule has 3 aromatic carbocycles. The van der Waals surface area contributed by atoms with E-state index >= 15 is 0 Å². The molecule has 0 unspecified atom stereocenters. The molecule has 12 heteroatoms. The van der Waals surface area contributed by atoms with Crippen LogP contribution in [0.4, 0.5) is 5.69 Å². The van der Waals surface area contributed by atoms with Crippen LogP contribution in [0.25, 0.3) is 0 Å². The number of halogens is 1. The maximum absolute atomic E-state index is 10.4. The van der Waals surface area contributed by atoms with E-state index in [1.807, 2.05) is 19.1 Å². The second-order valence-electron chi connectivity index (χ2n) is 6.27. The number of nitrogens with zero attached hydrogens (tertiary/aromatic N) is 1. The molecule has 0 aliphatic carbocycles. The Morgan fingerprint density at radius 1 is 0.667 bits per heavy atom. The van der Waals surface area contributed by atoms with Gasteiger partial charge in [0.25, 0.3) is 5.69 Å². The number of benzene rings is 3. The largest absolute Gasteiger partial charge is 0.744 e. The number of rotatable bonds is 3. The predicted molar refractivity (Wildman–Crippen MR) is 126 cm³/mol. The minimum Gasteiger partial charge on any atom is -0.744 e. The van der Waals surface area contributed by atoms with Crippen molar-refractivity contribution in [3.05, 3.63) is 98.5 Å². The van der Waals surface area contributed by atoms with Crippen molar-refractivity contribution >= 4 is 41.9 Å². The highest BCUT2D eigenvalue weighted by Gasteiger charge is 2.06. The van der Waals surface area contributed by atoms with E-state index in [2.05, 4.69) is 35.0 Å². The van der Waals surface area contributed by atoms with Gasteiger partial charge in [-0.25, -0.2) is 16.8 Å². The first-order valence-electron chi connectivity index (χ1n) is 8.65. The van der Waals surface area contributed by atoms with Crippen LogP contribution in [0.5, 0.6) is 0 Å². The molecule has 0 radical (unpaired) electrons. The van der Waals surface area contributed by atoms with E-state index in [4.69, 9.17) is 0 Å². The van der Waals surface area contributed by atoms with Crippen LogP contribution in [0.1, 0.15) is 18.6 Å². The van der Waals surface area contributed by atoms with Crippen LogP contribution in [-0.4, -0.2) is 30.9 Å². The van der Waals surface area contributed by atoms with Gasteiger partial charge in [0, 0.05) is 16.6 Å². The Morgan fingerprint density at radius 3 is 1.24 bits per heavy atom. The number of non-ortho nitro benzene ring substituents is 1. The van der Waals surface area contributed by atoms with Crippen LogP contribution >= 0.6 is 15.9 Å². The smallest absolute Gasteiger partial charge is 0.269 e. The van der Waals surface area contributed by atoms with Gasteiger partial charge >= 0.3 is 0 Å². The van der Waals surface area contributed by atoms with Crippen molar-refractivity contribution in [1.29, 1.82) is 0 Å². The Bertz CT molecular complexity index is 1220. The van der Waals surface area contributed by atoms with Gasteiger partial charge in [0.1, 0.15) is 20.2 Å². The van der Waals surface area contributed by atoms with Crippen molar-refractivity contribution in [2.75, 3.05) is 0 Å². The fraction of sp³-hybridized carbons (Fsp3) is 0.143. The van der Waals surface area contributed by atoms with Crippen molar-refractivity contribution in [3.63, 3.8) is 0 Å². The zero-order valence-corrected chi connectivity index (χ0v) is 20.1. The Hall–Kier alpha value is -2.64. The number of nitro benzene ring substituents is 1. The fourth-order valence-corrected chi connectivity index (χ4v) is 3.18. The third kappa shape index (κ3) is 11.7. The summed E-state index contributed by atoms with van der Waals surface area (Å²) in [5.41, 5.74) is 1.97. The van der Waals surface area contributed by atoms with E-state index < -0.39 is 30.1 Å². The summed E-state index contributed by atoms with van der Waals surface area (Å²) in [5.74, 6) is 0. The number of hydrogen-bond donors (Lipinski definition) is 0. The molecule has 0 aromatic heterocycles. The molecule has 0 aliphatic rings. The molecule has 0 aliphatic heterocycles. The molecule has 0 saturated carbocycles. The molecule has 0 amide bonds. The SMILES string of the molecule is C.Cc1ccc(Br)cc1.Cc1ccc(S(=O)(=O)[O-])cc1.O=[N+]([O-])c1ccc(S(=O)(=O)[O-])cc1. The molecule has 0 fully saturated rings. The molecular weight excluding hydrogens is 538 g/mol. The lowest BCUT2D eigenvalue weighted by atomic mass is 10.2. The summed E-state index contributed by atoms with van der Waals surface area (Å²) in [6.45, 7) is 3.90. The third-order valence-electron chi connectivity index (χ3n) is 3.66. The van der Waals surface area contributed by atoms with E-state index in [0.29, 0.717) is 0 Å². The van der Waals surface area contributed by atoms with Gasteiger partial charge in [-0.15, -0.1) is 0 Å². The topological polar surface area (TPSA) is 158 Å². The first-order chi connectivity index (χ1) is 14.7. The molecular formula is C21H22BrNO8S2-2. The lowest BCUT2D eigenvalue weighted by Crippen LogP contribution is -1.98. The van der Waals surface area contributed by atoms with Gasteiger partial charge in [-0.3, -0.25) is 10.1 Å². The standard InChI is InChI=1S/C7H7Br.C7H8O3S.C6H5NO5S.CH4/c1-6-2-4-7(8)5-3-6;1-6-2-4-7(5-3-6)11(8,9)10;8-7(9)5-1-3-6(4-2-5)13(10,11)12;/h2-5H,1H3;2-5H,1H3,(H,8,9,10);1-4H,(H,10,11,12);1H4/p-2. The average Bonchev–Trinajstić information content (AvgIpc) is 2.70. The van der Waals surface area contributed by atoms with Crippen molar-refractivity contribution in [2.45, 2.75) is 31.1 Å². The highest BCUT2D eigenvalue weighted by Crippen LogP contribution is 2.15. The van der Waals surface area contributed by atoms with E-state index in [1.54, 1.807) is 12.1 Å². The van der Waals surface area contributed by atoms with Gasteiger partial charge in [-0.1, -0.05) is 58.7 Å². The van der Waals surface area contributed by atoms with E-state index in [9.17, 15) is 36.1 Å². The highest BCUT2D eigenvalue weighted by atomic mass is 79.9. The highest BCUT2D eigenvalue weighted by molar-refractivity contribution is 9.10. The van der Waals surface area contributed by atoms with Crippen LogP contribution in [0.2, 0.25) is 0 Å². The summed E-state index contributed by atoms with van der Waals surface area (Å²) in [7, 11) is -8.79. The number of hydrogen-bond acceptors (Lipinski definition) is 8. The summed E-state index contributed by atoms with van der Waals surface area (Å²) in [6, 6.07) is 17.7. The van der Waals surface area contributed by atoms with E-state index in [-0.39, 0.29) is 18.0 Å². The number of aryl methyl sites for hydroxylation is 2. The molecule has 3 aromatic rings. The van der Waals surface area contributed by atoms with Crippen LogP contribution < -0.4 is 0 Å². The van der Waals surface area contributed by atoms with Gasteiger partial charge in [-0.05, 0) is 50.2 Å². The van der Waals surface area contributed by atoms with Crippen LogP contribution in [0.15, 0.2) is 87.1 Å². The predicted octanol–water partition coefficient (Wildman–Crippen LogP) is 4.79. The first-order valence-corrected chi connectivity index (χ1v) is 12.3. The monoisotopic (exact) mass is 559 g/mol. The van der Waals surface area contributed by atoms with Crippen LogP contribution in [0.3, 0.4) is 0 Å². The first kappa shape index (κ1) is 30.4. The summed E-state index contributed by atoms with van der Waals surface area (Å²) < 4.78 is 63.5. The Labute approximate surface area is 201 Å². The molecule has 9 nitrogen and oxygen atoms in total. The quantitative estimate of drug-likeness (QED) is 0.251. The minimum absolute atomic E-state index is 0. The van der Waals surface area contributed by atoms with Crippen LogP contribution in [-0.2, 0) is 20.2 Å². The van der Waals surface area contributed by atoms with Crippen molar-refractivity contribution in [3.8, 4) is 0 Å². The number of nitro groups is 1. The lowest BCUT2D eigenvalue weighted by Gasteiger charge is -2.05. The normalized spacial score (nSPS) is 10.5. The molecule has 0 bridgehead atoms. The maximum atomic E-state index is 10.4. The second-order valence-corrected chi connectivity index (χ2v) is 9.94.